The lowest BCUT2D eigenvalue weighted by molar-refractivity contribution is -0.142. The number of phenols is 1. The molecule has 3 aromatic carbocycles. The molecule has 17 N–H and O–H groups in total. The fraction of sp³-hybridized carbons (Fsp3) is 0.439. The van der Waals surface area contributed by atoms with Gasteiger partial charge in [0.2, 0.25) is 53.2 Å². The van der Waals surface area contributed by atoms with Crippen LogP contribution in [0.4, 0.5) is 0 Å². The van der Waals surface area contributed by atoms with E-state index in [-0.39, 0.29) is 100 Å². The van der Waals surface area contributed by atoms with Crippen molar-refractivity contribution < 1.29 is 58.2 Å². The number of benzene rings is 3. The van der Waals surface area contributed by atoms with E-state index in [1.807, 2.05) is 44.2 Å². The van der Waals surface area contributed by atoms with Crippen molar-refractivity contribution in [2.75, 3.05) is 32.8 Å². The van der Waals surface area contributed by atoms with Crippen molar-refractivity contribution in [2.24, 2.45) is 22.4 Å². The van der Waals surface area contributed by atoms with Crippen LogP contribution in [0, 0.1) is 5.92 Å². The van der Waals surface area contributed by atoms with Gasteiger partial charge in [0.05, 0.1) is 25.0 Å². The number of carbonyl (C=O) groups excluding carboxylic acids is 10. The quantitative estimate of drug-likeness (QED) is 0.00962. The highest BCUT2D eigenvalue weighted by Gasteiger charge is 2.40. The SMILES string of the molecule is CCNC(=O)C1CCCN1C(=O)C(CCCN=C(N)N)NC(=O)C(CC(C)C)NC(=O)C(Cc1cn(Cc2ccccc2)cn1)NC(=O)C(Cc1ccc(O)cc1)NC(=O)C(CO)NC(=O)C(Cc1c[nH]c2ccccc12)NC(=O)C(Cc1cnc[nH]1)NC(=O)C1NCCC1=O. The van der Waals surface area contributed by atoms with Gasteiger partial charge in [-0.15, -0.1) is 0 Å². The summed E-state index contributed by atoms with van der Waals surface area (Å²) >= 11 is 0. The molecule has 9 unspecified atom stereocenters. The van der Waals surface area contributed by atoms with Gasteiger partial charge in [-0.1, -0.05) is 74.5 Å². The molecule has 0 bridgehead atoms. The minimum atomic E-state index is -1.80. The molecule has 0 saturated carbocycles. The maximum atomic E-state index is 15.1. The fourth-order valence-electron chi connectivity index (χ4n) is 11.6. The highest BCUT2D eigenvalue weighted by Crippen LogP contribution is 2.23. The molecule has 0 aliphatic carbocycles. The lowest BCUT2D eigenvalue weighted by atomic mass is 10.0. The third kappa shape index (κ3) is 20.3. The van der Waals surface area contributed by atoms with Crippen molar-refractivity contribution in [1.29, 1.82) is 0 Å². The third-order valence-electron chi connectivity index (χ3n) is 16.5. The number of aromatic nitrogens is 5. The number of aromatic hydroxyl groups is 1. The van der Waals surface area contributed by atoms with Crippen LogP contribution in [0.5, 0.6) is 5.75 Å². The Bertz CT molecular complexity index is 3680. The molecule has 2 aliphatic heterocycles. The molecular formula is C66H86N18O12. The summed E-state index contributed by atoms with van der Waals surface area (Å²) < 4.78 is 1.78. The number of carbonyl (C=O) groups is 10. The number of aromatic amines is 2. The normalized spacial score (nSPS) is 16.6. The zero-order chi connectivity index (χ0) is 68.8. The van der Waals surface area contributed by atoms with Crippen LogP contribution in [0.3, 0.4) is 0 Å². The first kappa shape index (κ1) is 71.4. The number of para-hydroxylation sites is 1. The van der Waals surface area contributed by atoms with Crippen molar-refractivity contribution >= 4 is 75.8 Å². The van der Waals surface area contributed by atoms with Gasteiger partial charge >= 0.3 is 0 Å². The van der Waals surface area contributed by atoms with Crippen molar-refractivity contribution in [2.45, 2.75) is 146 Å². The van der Waals surface area contributed by atoms with Crippen LogP contribution in [-0.4, -0.2) is 192 Å². The summed E-state index contributed by atoms with van der Waals surface area (Å²) in [5.41, 5.74) is 14.6. The molecule has 9 atom stereocenters. The van der Waals surface area contributed by atoms with Gasteiger partial charge in [0.25, 0.3) is 0 Å². The van der Waals surface area contributed by atoms with E-state index in [1.54, 1.807) is 54.5 Å². The molecule has 30 heteroatoms. The van der Waals surface area contributed by atoms with Gasteiger partial charge in [0, 0.05) is 100 Å². The van der Waals surface area contributed by atoms with Crippen LogP contribution in [0.1, 0.15) is 87.4 Å². The molecule has 9 amide bonds. The van der Waals surface area contributed by atoms with E-state index in [1.165, 1.54) is 41.7 Å². The number of rotatable bonds is 34. The summed E-state index contributed by atoms with van der Waals surface area (Å²) in [5.74, 6) is -7.94. The number of nitrogens with two attached hydrogens (primary N) is 2. The van der Waals surface area contributed by atoms with Crippen molar-refractivity contribution in [1.82, 2.24) is 77.3 Å². The van der Waals surface area contributed by atoms with Crippen LogP contribution in [0.25, 0.3) is 10.9 Å². The van der Waals surface area contributed by atoms with Gasteiger partial charge in [-0.25, -0.2) is 9.97 Å². The molecular weight excluding hydrogens is 1240 g/mol. The van der Waals surface area contributed by atoms with Crippen LogP contribution in [-0.2, 0) is 80.2 Å². The standard InChI is InChI=1S/C66H86N18O12/c1-4-70-63(94)54-17-11-25-84(54)65(96)47(16-10-23-72-66(67)68)76-57(88)48(26-38(2)3)77-61(92)52(30-43-34-83(37-75-43)33-40-12-6-5-7-13-40)80-58(89)49(27-39-18-20-44(86)21-19-39)78-62(93)53(35-85)82-59(90)50(28-41-31-73-46-15-9-8-14-45(41)46)79-60(91)51(29-42-32-69-36-74-42)81-64(95)56-55(87)22-24-71-56/h5-9,12-15,18-21,31-32,34,36-38,47-54,56,71,73,85-86H,4,10-11,16-17,22-30,33,35H2,1-3H3,(H,69,74)(H,70,94)(H,76,88)(H,77,92)(H,78,93)(H,79,91)(H,80,89)(H,81,95)(H,82,90)(H4,67,68,72). The number of Topliss-reactive ketones (excluding diaryl/α,β-unsaturated/α-hetero) is 1. The number of aliphatic imine (C=N–C) groups is 1. The number of nitrogens with zero attached hydrogens (tertiary/aromatic N) is 5. The first-order chi connectivity index (χ1) is 46.2. The Balaban J connectivity index is 1.06. The summed E-state index contributed by atoms with van der Waals surface area (Å²) in [5, 5.41) is 46.4. The van der Waals surface area contributed by atoms with Crippen LogP contribution < -0.4 is 59.3 Å². The Labute approximate surface area is 554 Å². The lowest BCUT2D eigenvalue weighted by Crippen LogP contribution is -2.61. The van der Waals surface area contributed by atoms with Crippen molar-refractivity contribution in [3.63, 3.8) is 0 Å². The molecule has 6 aromatic rings. The van der Waals surface area contributed by atoms with Gasteiger partial charge in [0.1, 0.15) is 60.1 Å². The number of hydrogen-bond acceptors (Lipinski definition) is 16. The number of aliphatic hydroxyl groups excluding tert-OH is 1. The van der Waals surface area contributed by atoms with E-state index in [2.05, 4.69) is 72.8 Å². The highest BCUT2D eigenvalue weighted by atomic mass is 16.3. The maximum Gasteiger partial charge on any atom is 0.245 e. The lowest BCUT2D eigenvalue weighted by Gasteiger charge is -2.30. The average Bonchev–Trinajstić information content (AvgIpc) is 1.62. The monoisotopic (exact) mass is 1320 g/mol. The Hall–Kier alpha value is -10.5. The smallest absolute Gasteiger partial charge is 0.245 e. The number of amides is 9. The van der Waals surface area contributed by atoms with E-state index in [9.17, 15) is 48.6 Å². The van der Waals surface area contributed by atoms with Crippen molar-refractivity contribution in [3.8, 4) is 5.75 Å². The summed E-state index contributed by atoms with van der Waals surface area (Å²) in [4.78, 5) is 163. The van der Waals surface area contributed by atoms with E-state index < -0.39 is 108 Å². The molecule has 2 saturated heterocycles. The number of nitrogens with one attached hydrogen (secondary N) is 11. The average molecular weight is 1320 g/mol. The third-order valence-corrected chi connectivity index (χ3v) is 16.5. The van der Waals surface area contributed by atoms with Crippen LogP contribution in [0.15, 0.2) is 115 Å². The summed E-state index contributed by atoms with van der Waals surface area (Å²) in [6, 6.07) is 10.1. The van der Waals surface area contributed by atoms with E-state index >= 15 is 9.59 Å². The Kier molecular flexibility index (Phi) is 25.7. The van der Waals surface area contributed by atoms with Crippen LogP contribution >= 0.6 is 0 Å². The Morgan fingerprint density at radius 1 is 0.708 bits per heavy atom. The second-order valence-corrected chi connectivity index (χ2v) is 24.3. The molecule has 30 nitrogen and oxygen atoms in total. The number of likely N-dealkylation sites (tertiary alicyclic amines) is 1. The zero-order valence-corrected chi connectivity index (χ0v) is 53.8. The summed E-state index contributed by atoms with van der Waals surface area (Å²) in [6.45, 7) is 5.75. The number of imidazole rings is 2. The van der Waals surface area contributed by atoms with Gasteiger partial charge < -0.3 is 83.6 Å². The van der Waals surface area contributed by atoms with Gasteiger partial charge in [-0.3, -0.25) is 58.3 Å². The summed E-state index contributed by atoms with van der Waals surface area (Å²) in [7, 11) is 0. The predicted octanol–water partition coefficient (Wildman–Crippen LogP) is -1.34. The van der Waals surface area contributed by atoms with Gasteiger partial charge in [0.15, 0.2) is 11.7 Å². The van der Waals surface area contributed by atoms with Gasteiger partial charge in [-0.05, 0) is 79.8 Å². The molecule has 2 fully saturated rings. The molecule has 96 heavy (non-hydrogen) atoms. The number of fused-ring (bicyclic) bond motifs is 1. The maximum absolute atomic E-state index is 15.1. The number of aliphatic hydroxyl groups is 1. The number of likely N-dealkylation sites (N-methyl/N-ethyl adjacent to an activating group) is 1. The number of H-pyrrole nitrogens is 2. The topological polar surface area (TPSA) is 449 Å². The predicted molar refractivity (Wildman–Crippen MR) is 352 cm³/mol. The molecule has 0 radical (unpaired) electrons. The molecule has 0 spiro atoms. The second-order valence-electron chi connectivity index (χ2n) is 24.3. The number of phenolic OH excluding ortho intramolecular Hbond substituents is 1. The van der Waals surface area contributed by atoms with E-state index in [0.29, 0.717) is 59.3 Å². The zero-order valence-electron chi connectivity index (χ0n) is 53.8. The molecule has 8 rings (SSSR count). The number of guanidine groups is 1. The Morgan fingerprint density at radius 3 is 1.98 bits per heavy atom. The summed E-state index contributed by atoms with van der Waals surface area (Å²) in [6.07, 6.45) is 8.23. The van der Waals surface area contributed by atoms with Crippen LogP contribution in [0.2, 0.25) is 0 Å². The minimum absolute atomic E-state index is 0.0485. The number of ketones is 1. The second kappa shape index (κ2) is 34.6. The molecule has 3 aromatic heterocycles. The van der Waals surface area contributed by atoms with Crippen molar-refractivity contribution in [3.05, 3.63) is 138 Å². The molecule has 5 heterocycles. The molecule has 2 aliphatic rings. The first-order valence-corrected chi connectivity index (χ1v) is 32.1. The fourth-order valence-corrected chi connectivity index (χ4v) is 11.6. The highest BCUT2D eigenvalue weighted by molar-refractivity contribution is 6.08. The van der Waals surface area contributed by atoms with E-state index in [0.717, 1.165) is 5.56 Å². The minimum Gasteiger partial charge on any atom is -0.508 e. The number of hydrogen-bond donors (Lipinski definition) is 15. The Morgan fingerprint density at radius 2 is 1.33 bits per heavy atom. The largest absolute Gasteiger partial charge is 0.508 e. The molecule has 512 valence electrons. The first-order valence-electron chi connectivity index (χ1n) is 32.1. The van der Waals surface area contributed by atoms with E-state index in [4.69, 9.17) is 11.5 Å². The van der Waals surface area contributed by atoms with Gasteiger partial charge in [-0.2, -0.15) is 0 Å².